The van der Waals surface area contributed by atoms with Crippen LogP contribution in [-0.4, -0.2) is 41.5 Å². The summed E-state index contributed by atoms with van der Waals surface area (Å²) >= 11 is 0. The minimum atomic E-state index is -4.07. The number of benzene rings is 1. The Labute approximate surface area is 159 Å². The van der Waals surface area contributed by atoms with Gasteiger partial charge in [-0.25, -0.2) is 8.96 Å². The number of fused-ring (bicyclic) bond motifs is 1. The summed E-state index contributed by atoms with van der Waals surface area (Å²) in [5, 5.41) is 10.8. The number of esters is 1. The van der Waals surface area contributed by atoms with E-state index < -0.39 is 49.3 Å². The summed E-state index contributed by atoms with van der Waals surface area (Å²) < 4.78 is 53.5. The highest BCUT2D eigenvalue weighted by Gasteiger charge is 2.55. The maximum absolute atomic E-state index is 14.8. The van der Waals surface area contributed by atoms with Crippen molar-refractivity contribution in [1.29, 1.82) is 0 Å². The van der Waals surface area contributed by atoms with Crippen LogP contribution in [-0.2, 0) is 34.5 Å². The Morgan fingerprint density at radius 1 is 1.50 bits per heavy atom. The van der Waals surface area contributed by atoms with Crippen molar-refractivity contribution in [2.45, 2.75) is 51.4 Å². The average molecular weight is 419 g/mol. The van der Waals surface area contributed by atoms with Gasteiger partial charge in [0.2, 0.25) is 0 Å². The number of nitro groups is 1. The first-order chi connectivity index (χ1) is 13.0. The molecule has 2 unspecified atom stereocenters. The van der Waals surface area contributed by atoms with Crippen molar-refractivity contribution >= 4 is 19.5 Å². The molecule has 0 amide bonds. The number of nitrogens with zero attached hydrogens (tertiary/aromatic N) is 1. The van der Waals surface area contributed by atoms with Crippen LogP contribution in [0, 0.1) is 10.1 Å². The van der Waals surface area contributed by atoms with Gasteiger partial charge in [-0.2, -0.15) is 0 Å². The molecule has 28 heavy (non-hydrogen) atoms. The molecule has 0 radical (unpaired) electrons. The lowest BCUT2D eigenvalue weighted by atomic mass is 9.95. The van der Waals surface area contributed by atoms with Crippen LogP contribution in [0.5, 0.6) is 5.75 Å². The first-order valence-electron chi connectivity index (χ1n) is 8.39. The number of non-ortho nitro benzene ring substituents is 1. The van der Waals surface area contributed by atoms with Crippen molar-refractivity contribution in [2.24, 2.45) is 0 Å². The van der Waals surface area contributed by atoms with Gasteiger partial charge in [0.1, 0.15) is 11.9 Å². The van der Waals surface area contributed by atoms with Gasteiger partial charge in [0.25, 0.3) is 5.69 Å². The van der Waals surface area contributed by atoms with Gasteiger partial charge in [-0.15, -0.1) is 0 Å². The van der Waals surface area contributed by atoms with Crippen molar-refractivity contribution in [3.05, 3.63) is 33.9 Å². The molecule has 2 aliphatic heterocycles. The number of hydrogen-bond donors (Lipinski definition) is 0. The molecule has 1 aromatic rings. The molecular weight excluding hydrogens is 400 g/mol. The number of carbonyl (C=O) groups is 1. The van der Waals surface area contributed by atoms with Gasteiger partial charge in [0.05, 0.1) is 24.2 Å². The molecule has 12 heteroatoms. The van der Waals surface area contributed by atoms with E-state index in [4.69, 9.17) is 23.0 Å². The summed E-state index contributed by atoms with van der Waals surface area (Å²) in [7, 11) is -4.07. The predicted octanol–water partition coefficient (Wildman–Crippen LogP) is 3.08. The summed E-state index contributed by atoms with van der Waals surface area (Å²) in [6, 6.07) is 3.73. The van der Waals surface area contributed by atoms with Crippen LogP contribution in [0.15, 0.2) is 18.2 Å². The molecule has 1 saturated heterocycles. The van der Waals surface area contributed by atoms with E-state index in [1.54, 1.807) is 0 Å². The van der Waals surface area contributed by atoms with Gasteiger partial charge in [-0.3, -0.25) is 24.0 Å². The monoisotopic (exact) mass is 419 g/mol. The van der Waals surface area contributed by atoms with Crippen LogP contribution in [0.1, 0.15) is 26.3 Å². The molecule has 0 saturated carbocycles. The molecule has 1 aromatic carbocycles. The maximum Gasteiger partial charge on any atom is 0.530 e. The number of phosphoric acid groups is 1. The predicted molar refractivity (Wildman–Crippen MR) is 91.5 cm³/mol. The van der Waals surface area contributed by atoms with Gasteiger partial charge < -0.3 is 14.0 Å². The number of hydrogen-bond acceptors (Lipinski definition) is 9. The van der Waals surface area contributed by atoms with E-state index in [9.17, 15) is 23.9 Å². The van der Waals surface area contributed by atoms with E-state index in [2.05, 4.69) is 0 Å². The highest BCUT2D eigenvalue weighted by atomic mass is 31.2. The Hall–Kier alpha value is -2.07. The molecule has 0 aliphatic carbocycles. The number of nitro benzene ring substituents is 1. The normalized spacial score (nSPS) is 34.4. The molecule has 0 bridgehead atoms. The Balaban J connectivity index is 1.69. The van der Waals surface area contributed by atoms with E-state index in [-0.39, 0.29) is 18.0 Å². The summed E-state index contributed by atoms with van der Waals surface area (Å²) in [4.78, 5) is 21.5. The van der Waals surface area contributed by atoms with E-state index >= 15 is 0 Å². The minimum Gasteiger partial charge on any atom is -0.456 e. The molecule has 2 aliphatic rings. The molecule has 154 valence electrons. The van der Waals surface area contributed by atoms with Crippen molar-refractivity contribution in [3.63, 3.8) is 0 Å². The number of ether oxygens (including phenoxy) is 2. The van der Waals surface area contributed by atoms with Crippen LogP contribution in [0.25, 0.3) is 0 Å². The third kappa shape index (κ3) is 4.02. The molecule has 0 N–H and O–H groups in total. The lowest BCUT2D eigenvalue weighted by Crippen LogP contribution is -2.44. The summed E-state index contributed by atoms with van der Waals surface area (Å²) in [5.74, 6) is -0.573. The maximum atomic E-state index is 14.8. The molecule has 2 heterocycles. The van der Waals surface area contributed by atoms with Gasteiger partial charge in [-0.05, 0) is 19.9 Å². The second kappa shape index (κ2) is 7.40. The van der Waals surface area contributed by atoms with Crippen LogP contribution < -0.4 is 4.52 Å². The molecule has 0 aromatic heterocycles. The molecule has 10 nitrogen and oxygen atoms in total. The largest absolute Gasteiger partial charge is 0.530 e. The zero-order chi connectivity index (χ0) is 20.7. The molecular formula is C16H19FNO9P. The zero-order valence-electron chi connectivity index (χ0n) is 15.3. The Bertz CT molecular complexity index is 845. The number of alkyl halides is 1. The van der Waals surface area contributed by atoms with Gasteiger partial charge in [0.15, 0.2) is 11.8 Å². The number of carbonyl (C=O) groups excluding carboxylic acids is 1. The molecule has 5 atom stereocenters. The Morgan fingerprint density at radius 2 is 2.21 bits per heavy atom. The molecule has 0 spiro atoms. The smallest absolute Gasteiger partial charge is 0.456 e. The van der Waals surface area contributed by atoms with Crippen LogP contribution in [0.4, 0.5) is 10.1 Å². The van der Waals surface area contributed by atoms with Gasteiger partial charge >= 0.3 is 13.8 Å². The van der Waals surface area contributed by atoms with Crippen LogP contribution in [0.2, 0.25) is 0 Å². The topological polar surface area (TPSA) is 123 Å². The first-order valence-corrected chi connectivity index (χ1v) is 9.85. The standard InChI is InChI=1S/C16H19FNO9P/c1-9-16(3,17)15(26-10(2)19)14(25-9)8-24-28(22)23-7-11-6-12(18(20)21)4-5-13(11)27-28/h4-6,9,14-15H,7-8H2,1-3H3/t9?,14-,15-,16+,28?/m1/s1. The van der Waals surface area contributed by atoms with Gasteiger partial charge in [0, 0.05) is 24.6 Å². The first kappa shape index (κ1) is 20.7. The summed E-state index contributed by atoms with van der Waals surface area (Å²) in [5.41, 5.74) is -1.79. The third-order valence-corrected chi connectivity index (χ3v) is 5.93. The van der Waals surface area contributed by atoms with E-state index in [1.807, 2.05) is 0 Å². The summed E-state index contributed by atoms with van der Waals surface area (Å²) in [6.45, 7) is 3.22. The fourth-order valence-corrected chi connectivity index (χ4v) is 4.19. The zero-order valence-corrected chi connectivity index (χ0v) is 16.2. The lowest BCUT2D eigenvalue weighted by Gasteiger charge is -2.27. The van der Waals surface area contributed by atoms with E-state index in [0.717, 1.165) is 6.92 Å². The highest BCUT2D eigenvalue weighted by Crippen LogP contribution is 2.55. The Kier molecular flexibility index (Phi) is 5.46. The van der Waals surface area contributed by atoms with Crippen molar-refractivity contribution in [2.75, 3.05) is 6.61 Å². The van der Waals surface area contributed by atoms with Gasteiger partial charge in [-0.1, -0.05) is 0 Å². The number of phosphoric ester groups is 1. The second-order valence-corrected chi connectivity index (χ2v) is 8.25. The van der Waals surface area contributed by atoms with E-state index in [0.29, 0.717) is 5.56 Å². The van der Waals surface area contributed by atoms with E-state index in [1.165, 1.54) is 32.0 Å². The van der Waals surface area contributed by atoms with Crippen molar-refractivity contribution < 1.29 is 41.7 Å². The van der Waals surface area contributed by atoms with Crippen LogP contribution in [0.3, 0.4) is 0 Å². The Morgan fingerprint density at radius 3 is 2.86 bits per heavy atom. The van der Waals surface area contributed by atoms with Crippen LogP contribution >= 0.6 is 7.82 Å². The highest BCUT2D eigenvalue weighted by molar-refractivity contribution is 7.49. The molecule has 1 fully saturated rings. The molecule has 3 rings (SSSR count). The summed E-state index contributed by atoms with van der Waals surface area (Å²) in [6.07, 6.45) is -3.17. The quantitative estimate of drug-likeness (QED) is 0.306. The number of rotatable bonds is 5. The minimum absolute atomic E-state index is 0.118. The average Bonchev–Trinajstić information content (AvgIpc) is 2.82. The second-order valence-electron chi connectivity index (χ2n) is 6.65. The SMILES string of the molecule is CC(=O)O[C@@H]1[C@@H](COP2(=O)OCc3cc([N+](=O)[O-])ccc3O2)OC(C)[C@]1(C)F. The lowest BCUT2D eigenvalue weighted by molar-refractivity contribution is -0.385. The van der Waals surface area contributed by atoms with Crippen molar-refractivity contribution in [1.82, 2.24) is 0 Å². The fourth-order valence-electron chi connectivity index (χ4n) is 2.96. The fraction of sp³-hybridized carbons (Fsp3) is 0.562. The van der Waals surface area contributed by atoms with Crippen molar-refractivity contribution in [3.8, 4) is 5.75 Å². The third-order valence-electron chi connectivity index (χ3n) is 4.60. The number of halogens is 1.